The van der Waals surface area contributed by atoms with Crippen LogP contribution in [0, 0.1) is 5.92 Å². The zero-order chi connectivity index (χ0) is 13.0. The molecule has 1 unspecified atom stereocenters. The van der Waals surface area contributed by atoms with Crippen LogP contribution in [0.5, 0.6) is 0 Å². The Hall–Kier alpha value is -1.42. The number of pyridine rings is 1. The van der Waals surface area contributed by atoms with Gasteiger partial charge in [0.1, 0.15) is 5.69 Å². The van der Waals surface area contributed by atoms with Gasteiger partial charge < -0.3 is 5.11 Å². The van der Waals surface area contributed by atoms with Crippen LogP contribution in [-0.4, -0.2) is 34.0 Å². The predicted octanol–water partition coefficient (Wildman–Crippen LogP) is 2.26. The minimum absolute atomic E-state index is 0.105. The van der Waals surface area contributed by atoms with Crippen molar-refractivity contribution in [1.29, 1.82) is 0 Å². The van der Waals surface area contributed by atoms with Crippen LogP contribution in [0.25, 0.3) is 0 Å². The molecule has 0 aromatic carbocycles. The summed E-state index contributed by atoms with van der Waals surface area (Å²) in [5, 5.41) is 8.86. The highest BCUT2D eigenvalue weighted by molar-refractivity contribution is 5.85. The Morgan fingerprint density at radius 1 is 1.47 bits per heavy atom. The number of carboxylic acid groups (broad SMARTS) is 1. The van der Waals surface area contributed by atoms with Crippen LogP contribution in [0.3, 0.4) is 0 Å². The van der Waals surface area contributed by atoms with E-state index < -0.39 is 5.97 Å². The summed E-state index contributed by atoms with van der Waals surface area (Å²) < 4.78 is 0. The van der Waals surface area contributed by atoms with Gasteiger partial charge in [-0.25, -0.2) is 9.78 Å². The van der Waals surface area contributed by atoms with E-state index in [-0.39, 0.29) is 5.69 Å². The van der Waals surface area contributed by atoms with Crippen LogP contribution in [-0.2, 0) is 6.54 Å². The fourth-order valence-electron chi connectivity index (χ4n) is 1.63. The summed E-state index contributed by atoms with van der Waals surface area (Å²) in [6, 6.07) is 3.94. The number of rotatable bonds is 5. The summed E-state index contributed by atoms with van der Waals surface area (Å²) in [6.07, 6.45) is 1.55. The molecule has 0 aliphatic rings. The number of aromatic nitrogens is 1. The van der Waals surface area contributed by atoms with Gasteiger partial charge in [-0.15, -0.1) is 0 Å². The van der Waals surface area contributed by atoms with Gasteiger partial charge in [0, 0.05) is 18.8 Å². The van der Waals surface area contributed by atoms with E-state index in [9.17, 15) is 4.79 Å². The average molecular weight is 236 g/mol. The summed E-state index contributed by atoms with van der Waals surface area (Å²) in [6.45, 7) is 7.26. The second-order valence-corrected chi connectivity index (χ2v) is 4.75. The molecular formula is C13H20N2O2. The monoisotopic (exact) mass is 236 g/mol. The van der Waals surface area contributed by atoms with E-state index in [1.54, 1.807) is 12.3 Å². The molecule has 0 amide bonds. The standard InChI is InChI=1S/C13H20N2O2/c1-9(2)10(3)15(4)8-11-5-6-14-12(7-11)13(16)17/h5-7,9-10H,8H2,1-4H3,(H,16,17). The lowest BCUT2D eigenvalue weighted by atomic mass is 10.0. The molecule has 4 heteroatoms. The fraction of sp³-hybridized carbons (Fsp3) is 0.538. The first kappa shape index (κ1) is 13.6. The number of hydrogen-bond acceptors (Lipinski definition) is 3. The highest BCUT2D eigenvalue weighted by Gasteiger charge is 2.14. The van der Waals surface area contributed by atoms with Crippen LogP contribution in [0.15, 0.2) is 18.3 Å². The van der Waals surface area contributed by atoms with Gasteiger partial charge in [-0.3, -0.25) is 4.90 Å². The van der Waals surface area contributed by atoms with Crippen molar-refractivity contribution in [2.75, 3.05) is 7.05 Å². The number of nitrogens with zero attached hydrogens (tertiary/aromatic N) is 2. The van der Waals surface area contributed by atoms with Crippen molar-refractivity contribution in [3.05, 3.63) is 29.6 Å². The minimum Gasteiger partial charge on any atom is -0.477 e. The fourth-order valence-corrected chi connectivity index (χ4v) is 1.63. The van der Waals surface area contributed by atoms with Crippen molar-refractivity contribution in [2.45, 2.75) is 33.4 Å². The topological polar surface area (TPSA) is 53.4 Å². The Labute approximate surface area is 102 Å². The molecule has 1 aromatic rings. The molecule has 1 N–H and O–H groups in total. The molecule has 94 valence electrons. The first-order valence-electron chi connectivity index (χ1n) is 5.80. The van der Waals surface area contributed by atoms with Gasteiger partial charge in [-0.2, -0.15) is 0 Å². The van der Waals surface area contributed by atoms with Crippen LogP contribution in [0.1, 0.15) is 36.8 Å². The molecule has 1 heterocycles. The average Bonchev–Trinajstić information content (AvgIpc) is 2.28. The number of carboxylic acids is 1. The summed E-state index contributed by atoms with van der Waals surface area (Å²) >= 11 is 0. The van der Waals surface area contributed by atoms with Crippen molar-refractivity contribution >= 4 is 5.97 Å². The van der Waals surface area contributed by atoms with Crippen LogP contribution >= 0.6 is 0 Å². The summed E-state index contributed by atoms with van der Waals surface area (Å²) in [5.41, 5.74) is 1.08. The van der Waals surface area contributed by atoms with E-state index in [2.05, 4.69) is 30.7 Å². The Morgan fingerprint density at radius 3 is 2.65 bits per heavy atom. The third-order valence-electron chi connectivity index (χ3n) is 3.14. The normalized spacial score (nSPS) is 13.1. The molecule has 0 aliphatic carbocycles. The lowest BCUT2D eigenvalue weighted by Crippen LogP contribution is -2.32. The van der Waals surface area contributed by atoms with Crippen LogP contribution in [0.2, 0.25) is 0 Å². The van der Waals surface area contributed by atoms with E-state index >= 15 is 0 Å². The number of carbonyl (C=O) groups is 1. The van der Waals surface area contributed by atoms with Gasteiger partial charge in [-0.1, -0.05) is 13.8 Å². The van der Waals surface area contributed by atoms with E-state index in [0.29, 0.717) is 12.0 Å². The molecule has 4 nitrogen and oxygen atoms in total. The van der Waals surface area contributed by atoms with E-state index in [1.165, 1.54) is 0 Å². The molecule has 0 aliphatic heterocycles. The third kappa shape index (κ3) is 3.82. The van der Waals surface area contributed by atoms with Crippen molar-refractivity contribution in [1.82, 2.24) is 9.88 Å². The van der Waals surface area contributed by atoms with Gasteiger partial charge in [0.2, 0.25) is 0 Å². The Kier molecular flexibility index (Phi) is 4.63. The zero-order valence-corrected chi connectivity index (χ0v) is 10.8. The lowest BCUT2D eigenvalue weighted by molar-refractivity contribution is 0.0690. The van der Waals surface area contributed by atoms with Gasteiger partial charge in [-0.05, 0) is 37.6 Å². The first-order chi connectivity index (χ1) is 7.91. The second kappa shape index (κ2) is 5.77. The van der Waals surface area contributed by atoms with Gasteiger partial charge >= 0.3 is 5.97 Å². The minimum atomic E-state index is -0.980. The molecule has 17 heavy (non-hydrogen) atoms. The van der Waals surface area contributed by atoms with Crippen molar-refractivity contribution in [3.8, 4) is 0 Å². The van der Waals surface area contributed by atoms with E-state index in [1.807, 2.05) is 13.1 Å². The van der Waals surface area contributed by atoms with E-state index in [4.69, 9.17) is 5.11 Å². The molecule has 0 radical (unpaired) electrons. The predicted molar refractivity (Wildman–Crippen MR) is 67.0 cm³/mol. The molecule has 0 bridgehead atoms. The summed E-state index contributed by atoms with van der Waals surface area (Å²) in [4.78, 5) is 16.8. The molecule has 1 aromatic heterocycles. The Balaban J connectivity index is 2.74. The highest BCUT2D eigenvalue weighted by Crippen LogP contribution is 2.12. The lowest BCUT2D eigenvalue weighted by Gasteiger charge is -2.27. The Bertz CT molecular complexity index is 391. The maximum Gasteiger partial charge on any atom is 0.354 e. The molecule has 0 spiro atoms. The van der Waals surface area contributed by atoms with Crippen molar-refractivity contribution in [3.63, 3.8) is 0 Å². The van der Waals surface area contributed by atoms with E-state index in [0.717, 1.165) is 12.1 Å². The van der Waals surface area contributed by atoms with Crippen molar-refractivity contribution < 1.29 is 9.90 Å². The van der Waals surface area contributed by atoms with Crippen molar-refractivity contribution in [2.24, 2.45) is 5.92 Å². The molecular weight excluding hydrogens is 216 g/mol. The molecule has 0 saturated carbocycles. The smallest absolute Gasteiger partial charge is 0.354 e. The third-order valence-corrected chi connectivity index (χ3v) is 3.14. The zero-order valence-electron chi connectivity index (χ0n) is 10.8. The number of aromatic carboxylic acids is 1. The van der Waals surface area contributed by atoms with Crippen LogP contribution < -0.4 is 0 Å². The van der Waals surface area contributed by atoms with Gasteiger partial charge in [0.25, 0.3) is 0 Å². The molecule has 0 saturated heterocycles. The quantitative estimate of drug-likeness (QED) is 0.852. The Morgan fingerprint density at radius 2 is 2.12 bits per heavy atom. The van der Waals surface area contributed by atoms with Gasteiger partial charge in [0.15, 0.2) is 0 Å². The highest BCUT2D eigenvalue weighted by atomic mass is 16.4. The number of hydrogen-bond donors (Lipinski definition) is 1. The summed E-state index contributed by atoms with van der Waals surface area (Å²) in [5.74, 6) is -0.410. The molecule has 1 atom stereocenters. The maximum absolute atomic E-state index is 10.8. The summed E-state index contributed by atoms with van der Waals surface area (Å²) in [7, 11) is 2.05. The SMILES string of the molecule is CC(C)C(C)N(C)Cc1ccnc(C(=O)O)c1. The van der Waals surface area contributed by atoms with Crippen LogP contribution in [0.4, 0.5) is 0 Å². The molecule has 1 rings (SSSR count). The molecule has 0 fully saturated rings. The second-order valence-electron chi connectivity index (χ2n) is 4.75. The first-order valence-corrected chi connectivity index (χ1v) is 5.80. The van der Waals surface area contributed by atoms with Gasteiger partial charge in [0.05, 0.1) is 0 Å². The largest absolute Gasteiger partial charge is 0.477 e. The maximum atomic E-state index is 10.8.